The number of aliphatic imine (C=N–C) groups is 1. The van der Waals surface area contributed by atoms with Gasteiger partial charge in [-0.2, -0.15) is 0 Å². The van der Waals surface area contributed by atoms with E-state index in [-0.39, 0.29) is 0 Å². The van der Waals surface area contributed by atoms with Crippen LogP contribution in [0.1, 0.15) is 59.3 Å². The van der Waals surface area contributed by atoms with E-state index < -0.39 is 0 Å². The number of nitrogens with zero attached hydrogens (tertiary/aromatic N) is 1. The maximum atomic E-state index is 5.24. The van der Waals surface area contributed by atoms with Crippen molar-refractivity contribution >= 4 is 5.71 Å². The summed E-state index contributed by atoms with van der Waals surface area (Å²) in [5.41, 5.74) is 5.14. The summed E-state index contributed by atoms with van der Waals surface area (Å²) in [7, 11) is 0. The van der Waals surface area contributed by atoms with Crippen molar-refractivity contribution in [1.29, 1.82) is 0 Å². The molecule has 0 bridgehead atoms. The van der Waals surface area contributed by atoms with E-state index in [9.17, 15) is 0 Å². The van der Waals surface area contributed by atoms with Crippen LogP contribution in [-0.2, 0) is 4.84 Å². The van der Waals surface area contributed by atoms with E-state index in [1.165, 1.54) is 25.0 Å². The Hall–Kier alpha value is -1.75. The fourth-order valence-electron chi connectivity index (χ4n) is 2.81. The summed E-state index contributed by atoms with van der Waals surface area (Å²) in [5.74, 6) is 0. The highest BCUT2D eigenvalue weighted by Crippen LogP contribution is 2.10. The molecule has 1 atom stereocenters. The highest BCUT2D eigenvalue weighted by Gasteiger charge is 2.04. The summed E-state index contributed by atoms with van der Waals surface area (Å²) >= 11 is 0. The zero-order chi connectivity index (χ0) is 20.3. The minimum absolute atomic E-state index is 0.581. The lowest BCUT2D eigenvalue weighted by Gasteiger charge is -2.16. The SMILES string of the molecule is CCCNOCC1=CCCC(C)=N1.CCNC1C=CCCC1.c1ccccc1. The van der Waals surface area contributed by atoms with E-state index in [4.69, 9.17) is 4.84 Å². The Morgan fingerprint density at radius 2 is 1.79 bits per heavy atom. The molecule has 1 aromatic carbocycles. The summed E-state index contributed by atoms with van der Waals surface area (Å²) < 4.78 is 0. The molecule has 0 amide bonds. The number of allylic oxidation sites excluding steroid dienone is 2. The maximum absolute atomic E-state index is 5.24. The molecule has 4 heteroatoms. The highest BCUT2D eigenvalue weighted by molar-refractivity contribution is 5.83. The molecule has 2 aliphatic rings. The number of hydroxylamine groups is 1. The molecular weight excluding hydrogens is 346 g/mol. The van der Waals surface area contributed by atoms with Crippen molar-refractivity contribution in [2.24, 2.45) is 4.99 Å². The molecule has 1 heterocycles. The molecule has 1 aliphatic carbocycles. The fourth-order valence-corrected chi connectivity index (χ4v) is 2.81. The topological polar surface area (TPSA) is 45.6 Å². The van der Waals surface area contributed by atoms with Crippen molar-refractivity contribution in [3.05, 3.63) is 60.3 Å². The first-order valence-corrected chi connectivity index (χ1v) is 10.7. The Labute approximate surface area is 172 Å². The van der Waals surface area contributed by atoms with Crippen LogP contribution >= 0.6 is 0 Å². The molecule has 0 saturated heterocycles. The van der Waals surface area contributed by atoms with E-state index in [1.54, 1.807) is 0 Å². The average Bonchev–Trinajstić information content (AvgIpc) is 2.75. The molecule has 4 nitrogen and oxygen atoms in total. The van der Waals surface area contributed by atoms with Crippen LogP contribution in [0.15, 0.2) is 65.3 Å². The summed E-state index contributed by atoms with van der Waals surface area (Å²) in [5, 5.41) is 3.40. The molecule has 2 N–H and O–H groups in total. The van der Waals surface area contributed by atoms with Gasteiger partial charge in [0, 0.05) is 18.3 Å². The second-order valence-corrected chi connectivity index (χ2v) is 6.94. The zero-order valence-corrected chi connectivity index (χ0v) is 18.0. The van der Waals surface area contributed by atoms with Crippen molar-refractivity contribution in [3.8, 4) is 0 Å². The van der Waals surface area contributed by atoms with E-state index in [0.717, 1.165) is 38.0 Å². The number of benzene rings is 1. The van der Waals surface area contributed by atoms with Gasteiger partial charge in [-0.25, -0.2) is 5.48 Å². The second-order valence-electron chi connectivity index (χ2n) is 6.94. The number of hydrogen-bond donors (Lipinski definition) is 2. The number of nitrogens with one attached hydrogen (secondary N) is 2. The lowest BCUT2D eigenvalue weighted by atomic mass is 10.0. The first-order valence-electron chi connectivity index (χ1n) is 10.7. The van der Waals surface area contributed by atoms with E-state index >= 15 is 0 Å². The zero-order valence-electron chi connectivity index (χ0n) is 18.0. The molecule has 0 spiro atoms. The molecule has 1 aliphatic heterocycles. The third-order valence-corrected chi connectivity index (χ3v) is 4.28. The van der Waals surface area contributed by atoms with Crippen LogP contribution in [0.5, 0.6) is 0 Å². The first-order chi connectivity index (χ1) is 13.8. The van der Waals surface area contributed by atoms with E-state index in [0.29, 0.717) is 12.6 Å². The monoisotopic (exact) mass is 385 g/mol. The smallest absolute Gasteiger partial charge is 0.110 e. The van der Waals surface area contributed by atoms with Gasteiger partial charge in [0.05, 0.1) is 5.70 Å². The second kappa shape index (κ2) is 17.4. The molecular formula is C24H39N3O. The highest BCUT2D eigenvalue weighted by atomic mass is 16.6. The molecule has 3 rings (SSSR count). The molecule has 0 saturated carbocycles. The lowest BCUT2D eigenvalue weighted by molar-refractivity contribution is 0.0574. The molecule has 156 valence electrons. The predicted molar refractivity (Wildman–Crippen MR) is 122 cm³/mol. The summed E-state index contributed by atoms with van der Waals surface area (Å²) in [6, 6.07) is 12.7. The van der Waals surface area contributed by atoms with Gasteiger partial charge in [-0.05, 0) is 52.0 Å². The number of likely N-dealkylation sites (N-methyl/N-ethyl adjacent to an activating group) is 1. The molecule has 28 heavy (non-hydrogen) atoms. The Morgan fingerprint density at radius 1 is 1.07 bits per heavy atom. The van der Waals surface area contributed by atoms with Gasteiger partial charge in [-0.1, -0.05) is 68.5 Å². The van der Waals surface area contributed by atoms with Gasteiger partial charge in [0.2, 0.25) is 0 Å². The lowest BCUT2D eigenvalue weighted by Crippen LogP contribution is -2.27. The Kier molecular flexibility index (Phi) is 15.1. The van der Waals surface area contributed by atoms with Crippen molar-refractivity contribution < 1.29 is 4.84 Å². The standard InChI is InChI=1S/C10H18N2O.C8H15N.C6H6/c1-3-7-11-13-8-10-6-4-5-9(2)12-10;1-2-9-8-6-4-3-5-7-8;1-2-4-6-5-3-1/h6,11H,3-5,7-8H2,1-2H3;4,6,8-9H,2-3,5,7H2,1H3;1-6H. The Balaban J connectivity index is 0.000000226. The number of hydrogen-bond acceptors (Lipinski definition) is 4. The van der Waals surface area contributed by atoms with Gasteiger partial charge < -0.3 is 5.32 Å². The van der Waals surface area contributed by atoms with Crippen LogP contribution in [0.25, 0.3) is 0 Å². The van der Waals surface area contributed by atoms with Crippen molar-refractivity contribution in [2.75, 3.05) is 19.7 Å². The van der Waals surface area contributed by atoms with Gasteiger partial charge in [0.1, 0.15) is 6.61 Å². The molecule has 0 radical (unpaired) electrons. The molecule has 1 aromatic rings. The van der Waals surface area contributed by atoms with Crippen LogP contribution < -0.4 is 10.8 Å². The summed E-state index contributed by atoms with van der Waals surface area (Å²) in [4.78, 5) is 9.63. The maximum Gasteiger partial charge on any atom is 0.110 e. The fraction of sp³-hybridized carbons (Fsp3) is 0.542. The van der Waals surface area contributed by atoms with Crippen LogP contribution in [-0.4, -0.2) is 31.4 Å². The third kappa shape index (κ3) is 13.4. The predicted octanol–water partition coefficient (Wildman–Crippen LogP) is 5.45. The van der Waals surface area contributed by atoms with Gasteiger partial charge in [0.25, 0.3) is 0 Å². The molecule has 0 fully saturated rings. The normalized spacial score (nSPS) is 18.0. The minimum atomic E-state index is 0.581. The van der Waals surface area contributed by atoms with Crippen LogP contribution in [0.3, 0.4) is 0 Å². The summed E-state index contributed by atoms with van der Waals surface area (Å²) in [6.07, 6.45) is 13.9. The van der Waals surface area contributed by atoms with Crippen LogP contribution in [0, 0.1) is 0 Å². The van der Waals surface area contributed by atoms with Gasteiger partial charge in [-0.15, -0.1) is 0 Å². The van der Waals surface area contributed by atoms with Crippen molar-refractivity contribution in [3.63, 3.8) is 0 Å². The molecule has 0 aromatic heterocycles. The molecule has 1 unspecified atom stereocenters. The minimum Gasteiger partial charge on any atom is -0.311 e. The Morgan fingerprint density at radius 3 is 2.32 bits per heavy atom. The average molecular weight is 386 g/mol. The van der Waals surface area contributed by atoms with Crippen LogP contribution in [0.4, 0.5) is 0 Å². The van der Waals surface area contributed by atoms with E-state index in [2.05, 4.69) is 54.8 Å². The quantitative estimate of drug-likeness (QED) is 0.373. The van der Waals surface area contributed by atoms with Gasteiger partial charge in [0.15, 0.2) is 0 Å². The first kappa shape index (κ1) is 24.3. The Bertz CT molecular complexity index is 540. The van der Waals surface area contributed by atoms with Crippen LogP contribution in [0.2, 0.25) is 0 Å². The number of rotatable bonds is 7. The summed E-state index contributed by atoms with van der Waals surface area (Å²) in [6.45, 7) is 8.90. The van der Waals surface area contributed by atoms with Gasteiger partial charge in [-0.3, -0.25) is 9.83 Å². The van der Waals surface area contributed by atoms with Crippen molar-refractivity contribution in [1.82, 2.24) is 10.8 Å². The third-order valence-electron chi connectivity index (χ3n) is 4.28. The van der Waals surface area contributed by atoms with E-state index in [1.807, 2.05) is 36.4 Å². The largest absolute Gasteiger partial charge is 0.311 e. The van der Waals surface area contributed by atoms with Gasteiger partial charge >= 0.3 is 0 Å². The van der Waals surface area contributed by atoms with Crippen molar-refractivity contribution in [2.45, 2.75) is 65.3 Å².